The van der Waals surface area contributed by atoms with E-state index >= 15 is 0 Å². The van der Waals surface area contributed by atoms with Crippen molar-refractivity contribution in [2.45, 2.75) is 6.04 Å². The van der Waals surface area contributed by atoms with Crippen molar-refractivity contribution >= 4 is 11.3 Å². The molecule has 0 bridgehead atoms. The predicted molar refractivity (Wildman–Crippen MR) is 96.7 cm³/mol. The van der Waals surface area contributed by atoms with E-state index in [0.717, 1.165) is 37.5 Å². The molecule has 0 radical (unpaired) electrons. The van der Waals surface area contributed by atoms with Gasteiger partial charge in [-0.25, -0.2) is 0 Å². The van der Waals surface area contributed by atoms with Crippen LogP contribution >= 0.6 is 11.3 Å². The number of nitrogens with zero attached hydrogens (tertiary/aromatic N) is 1. The van der Waals surface area contributed by atoms with Gasteiger partial charge in [0.1, 0.15) is 0 Å². The van der Waals surface area contributed by atoms with Crippen LogP contribution in [0.15, 0.2) is 29.6 Å². The lowest BCUT2D eigenvalue weighted by atomic mass is 10.0. The van der Waals surface area contributed by atoms with Crippen LogP contribution in [0.25, 0.3) is 0 Å². The molecule has 0 spiro atoms. The number of rotatable bonds is 6. The molecular weight excluding hydrogens is 324 g/mol. The van der Waals surface area contributed by atoms with Gasteiger partial charge in [0.15, 0.2) is 11.5 Å². The van der Waals surface area contributed by atoms with Crippen molar-refractivity contribution < 1.29 is 14.2 Å². The lowest BCUT2D eigenvalue weighted by molar-refractivity contribution is 0.196. The van der Waals surface area contributed by atoms with Crippen LogP contribution in [0, 0.1) is 0 Å². The van der Waals surface area contributed by atoms with Gasteiger partial charge >= 0.3 is 0 Å². The zero-order valence-electron chi connectivity index (χ0n) is 14.4. The highest BCUT2D eigenvalue weighted by atomic mass is 32.1. The Morgan fingerprint density at radius 3 is 2.33 bits per heavy atom. The Morgan fingerprint density at radius 1 is 1.00 bits per heavy atom. The largest absolute Gasteiger partial charge is 0.493 e. The van der Waals surface area contributed by atoms with Crippen LogP contribution in [0.5, 0.6) is 17.2 Å². The molecule has 3 rings (SSSR count). The van der Waals surface area contributed by atoms with E-state index in [0.29, 0.717) is 11.5 Å². The van der Waals surface area contributed by atoms with Crippen molar-refractivity contribution in [3.63, 3.8) is 0 Å². The predicted octanol–water partition coefficient (Wildman–Crippen LogP) is 2.77. The van der Waals surface area contributed by atoms with E-state index in [1.165, 1.54) is 4.88 Å². The topological polar surface area (TPSA) is 43.0 Å². The summed E-state index contributed by atoms with van der Waals surface area (Å²) in [5.41, 5.74) is 1.11. The van der Waals surface area contributed by atoms with E-state index in [-0.39, 0.29) is 6.04 Å². The molecule has 1 fully saturated rings. The fourth-order valence-electron chi connectivity index (χ4n) is 3.26. The second kappa shape index (κ2) is 7.88. The number of thiophene rings is 1. The Hall–Kier alpha value is -1.76. The number of piperazine rings is 1. The third-order valence-corrected chi connectivity index (χ3v) is 5.28. The van der Waals surface area contributed by atoms with E-state index < -0.39 is 0 Å². The van der Waals surface area contributed by atoms with Gasteiger partial charge < -0.3 is 19.5 Å². The summed E-state index contributed by atoms with van der Waals surface area (Å²) in [4.78, 5) is 3.80. The highest BCUT2D eigenvalue weighted by Gasteiger charge is 2.29. The molecule has 1 aromatic carbocycles. The van der Waals surface area contributed by atoms with Crippen LogP contribution in [-0.2, 0) is 0 Å². The zero-order valence-corrected chi connectivity index (χ0v) is 15.2. The first-order chi connectivity index (χ1) is 11.8. The molecule has 1 aromatic heterocycles. The van der Waals surface area contributed by atoms with E-state index in [1.807, 2.05) is 6.07 Å². The van der Waals surface area contributed by atoms with Crippen LogP contribution < -0.4 is 19.5 Å². The SMILES string of the molecule is COc1ccc([C@@H](c2cccs2)N2CCNCC2)c(OC)c1OC. The lowest BCUT2D eigenvalue weighted by Gasteiger charge is -2.35. The Kier molecular flexibility index (Phi) is 5.60. The molecule has 1 aliphatic heterocycles. The molecule has 2 aromatic rings. The van der Waals surface area contributed by atoms with E-state index in [2.05, 4.69) is 33.8 Å². The first kappa shape index (κ1) is 17.1. The highest BCUT2D eigenvalue weighted by Crippen LogP contribution is 2.45. The fourth-order valence-corrected chi connectivity index (χ4v) is 4.13. The summed E-state index contributed by atoms with van der Waals surface area (Å²) in [6.07, 6.45) is 0. The maximum Gasteiger partial charge on any atom is 0.203 e. The molecule has 0 amide bonds. The summed E-state index contributed by atoms with van der Waals surface area (Å²) in [6, 6.07) is 8.49. The first-order valence-corrected chi connectivity index (χ1v) is 8.95. The number of nitrogens with one attached hydrogen (secondary N) is 1. The van der Waals surface area contributed by atoms with Crippen LogP contribution in [0.2, 0.25) is 0 Å². The second-order valence-corrected chi connectivity index (χ2v) is 6.61. The lowest BCUT2D eigenvalue weighted by Crippen LogP contribution is -2.45. The second-order valence-electron chi connectivity index (χ2n) is 5.63. The van der Waals surface area contributed by atoms with Gasteiger partial charge in [-0.2, -0.15) is 0 Å². The molecule has 0 saturated carbocycles. The van der Waals surface area contributed by atoms with Crippen LogP contribution in [-0.4, -0.2) is 52.4 Å². The van der Waals surface area contributed by atoms with Crippen molar-refractivity contribution in [2.24, 2.45) is 0 Å². The van der Waals surface area contributed by atoms with Gasteiger partial charge in [-0.15, -0.1) is 11.3 Å². The van der Waals surface area contributed by atoms with Gasteiger partial charge in [0.05, 0.1) is 27.4 Å². The summed E-state index contributed by atoms with van der Waals surface area (Å²) in [5, 5.41) is 5.54. The van der Waals surface area contributed by atoms with Crippen molar-refractivity contribution in [3.8, 4) is 17.2 Å². The molecule has 5 nitrogen and oxygen atoms in total. The Balaban J connectivity index is 2.10. The first-order valence-electron chi connectivity index (χ1n) is 8.07. The molecule has 0 unspecified atom stereocenters. The van der Waals surface area contributed by atoms with E-state index in [9.17, 15) is 0 Å². The van der Waals surface area contributed by atoms with Gasteiger partial charge in [-0.1, -0.05) is 6.07 Å². The summed E-state index contributed by atoms with van der Waals surface area (Å²) in [6.45, 7) is 4.00. The Morgan fingerprint density at radius 2 is 1.75 bits per heavy atom. The highest BCUT2D eigenvalue weighted by molar-refractivity contribution is 7.10. The maximum atomic E-state index is 5.74. The third-order valence-electron chi connectivity index (χ3n) is 4.36. The molecule has 1 N–H and O–H groups in total. The average molecular weight is 348 g/mol. The van der Waals surface area contributed by atoms with Crippen LogP contribution in [0.4, 0.5) is 0 Å². The van der Waals surface area contributed by atoms with Gasteiger partial charge in [-0.05, 0) is 23.6 Å². The molecule has 1 saturated heterocycles. The third kappa shape index (κ3) is 3.22. The van der Waals surface area contributed by atoms with Crippen LogP contribution in [0.3, 0.4) is 0 Å². The average Bonchev–Trinajstić information content (AvgIpc) is 3.16. The number of hydrogen-bond acceptors (Lipinski definition) is 6. The molecule has 1 atom stereocenters. The number of benzene rings is 1. The molecular formula is C18H24N2O3S. The number of methoxy groups -OCH3 is 3. The minimum Gasteiger partial charge on any atom is -0.493 e. The van der Waals surface area contributed by atoms with Gasteiger partial charge in [-0.3, -0.25) is 4.90 Å². The van der Waals surface area contributed by atoms with Gasteiger partial charge in [0, 0.05) is 36.6 Å². The zero-order chi connectivity index (χ0) is 16.9. The van der Waals surface area contributed by atoms with Crippen molar-refractivity contribution in [2.75, 3.05) is 47.5 Å². The molecule has 2 heterocycles. The fraction of sp³-hybridized carbons (Fsp3) is 0.444. The molecule has 24 heavy (non-hydrogen) atoms. The van der Waals surface area contributed by atoms with Crippen LogP contribution in [0.1, 0.15) is 16.5 Å². The molecule has 0 aliphatic carbocycles. The smallest absolute Gasteiger partial charge is 0.203 e. The van der Waals surface area contributed by atoms with Crippen molar-refractivity contribution in [1.82, 2.24) is 10.2 Å². The van der Waals surface area contributed by atoms with Crippen molar-refractivity contribution in [3.05, 3.63) is 40.1 Å². The maximum absolute atomic E-state index is 5.74. The Labute approximate surface area is 147 Å². The summed E-state index contributed by atoms with van der Waals surface area (Å²) in [7, 11) is 4.98. The monoisotopic (exact) mass is 348 g/mol. The van der Waals surface area contributed by atoms with Gasteiger partial charge in [0.25, 0.3) is 0 Å². The Bertz CT molecular complexity index is 655. The normalized spacial score (nSPS) is 16.6. The summed E-state index contributed by atoms with van der Waals surface area (Å²) >= 11 is 1.77. The summed E-state index contributed by atoms with van der Waals surface area (Å²) in [5.74, 6) is 2.08. The molecule has 6 heteroatoms. The van der Waals surface area contributed by atoms with E-state index in [1.54, 1.807) is 32.7 Å². The number of ether oxygens (including phenoxy) is 3. The van der Waals surface area contributed by atoms with Crippen molar-refractivity contribution in [1.29, 1.82) is 0 Å². The number of hydrogen-bond donors (Lipinski definition) is 1. The molecule has 130 valence electrons. The standard InChI is InChI=1S/C18H24N2O3S/c1-21-14-7-6-13(17(22-2)18(14)23-3)16(15-5-4-12-24-15)20-10-8-19-9-11-20/h4-7,12,16,19H,8-11H2,1-3H3/t16-/m0/s1. The quantitative estimate of drug-likeness (QED) is 0.869. The molecule has 1 aliphatic rings. The van der Waals surface area contributed by atoms with E-state index in [4.69, 9.17) is 14.2 Å². The summed E-state index contributed by atoms with van der Waals surface area (Å²) < 4.78 is 16.7. The minimum atomic E-state index is 0.154. The minimum absolute atomic E-state index is 0.154. The van der Waals surface area contributed by atoms with Gasteiger partial charge in [0.2, 0.25) is 5.75 Å².